The molecule has 0 atom stereocenters. The lowest BCUT2D eigenvalue weighted by Crippen LogP contribution is -1.86. The van der Waals surface area contributed by atoms with Crippen LogP contribution in [0, 0.1) is 0 Å². The van der Waals surface area contributed by atoms with E-state index in [2.05, 4.69) is 97.1 Å². The Kier molecular flexibility index (Phi) is 2.88. The minimum Gasteiger partial charge on any atom is -0.0616 e. The van der Waals surface area contributed by atoms with Gasteiger partial charge in [-0.2, -0.15) is 0 Å². The Morgan fingerprint density at radius 1 is 0.379 bits per heavy atom. The van der Waals surface area contributed by atoms with Crippen LogP contribution in [0.4, 0.5) is 0 Å². The fraction of sp³-hybridized carbons (Fsp3) is 0.0345. The largest absolute Gasteiger partial charge is 0.0616 e. The van der Waals surface area contributed by atoms with E-state index in [1.807, 2.05) is 0 Å². The molecule has 0 heteroatoms. The first-order valence-electron chi connectivity index (χ1n) is 10.2. The van der Waals surface area contributed by atoms with Crippen molar-refractivity contribution in [2.45, 2.75) is 6.42 Å². The van der Waals surface area contributed by atoms with Crippen LogP contribution < -0.4 is 0 Å². The van der Waals surface area contributed by atoms with Crippen molar-refractivity contribution in [3.05, 3.63) is 108 Å². The van der Waals surface area contributed by atoms with Gasteiger partial charge in [-0.3, -0.25) is 0 Å². The summed E-state index contributed by atoms with van der Waals surface area (Å²) in [7, 11) is 0. The number of benzene rings is 6. The van der Waals surface area contributed by atoms with Crippen molar-refractivity contribution < 1.29 is 0 Å². The highest BCUT2D eigenvalue weighted by Gasteiger charge is 2.22. The molecule has 134 valence electrons. The summed E-state index contributed by atoms with van der Waals surface area (Å²) in [5, 5.41) is 10.7. The molecule has 0 saturated carbocycles. The van der Waals surface area contributed by atoms with Crippen LogP contribution in [0.15, 0.2) is 97.1 Å². The molecular weight excluding hydrogens is 348 g/mol. The van der Waals surface area contributed by atoms with E-state index in [-0.39, 0.29) is 0 Å². The van der Waals surface area contributed by atoms with Gasteiger partial charge in [0.15, 0.2) is 0 Å². The molecule has 1 aliphatic rings. The van der Waals surface area contributed by atoms with Crippen molar-refractivity contribution in [3.63, 3.8) is 0 Å². The molecule has 6 aromatic carbocycles. The third kappa shape index (κ3) is 2.09. The van der Waals surface area contributed by atoms with Gasteiger partial charge in [-0.25, -0.2) is 0 Å². The van der Waals surface area contributed by atoms with Gasteiger partial charge in [0.25, 0.3) is 0 Å². The lowest BCUT2D eigenvalue weighted by Gasteiger charge is -2.08. The fourth-order valence-electron chi connectivity index (χ4n) is 5.21. The molecule has 0 amide bonds. The third-order valence-electron chi connectivity index (χ3n) is 6.64. The summed E-state index contributed by atoms with van der Waals surface area (Å²) in [5.74, 6) is 0. The second-order valence-corrected chi connectivity index (χ2v) is 8.20. The molecular formula is C29H18. The number of fused-ring (bicyclic) bond motifs is 9. The summed E-state index contributed by atoms with van der Waals surface area (Å²) in [6.07, 6.45) is 1.01. The predicted octanol–water partition coefficient (Wildman–Crippen LogP) is 7.87. The summed E-state index contributed by atoms with van der Waals surface area (Å²) in [6.45, 7) is 0. The van der Waals surface area contributed by atoms with Crippen molar-refractivity contribution in [1.82, 2.24) is 0 Å². The number of rotatable bonds is 0. The van der Waals surface area contributed by atoms with Crippen LogP contribution >= 0.6 is 0 Å². The number of hydrogen-bond acceptors (Lipinski definition) is 0. The Morgan fingerprint density at radius 3 is 1.24 bits per heavy atom. The highest BCUT2D eigenvalue weighted by molar-refractivity contribution is 6.07. The maximum absolute atomic E-state index is 2.38. The lowest BCUT2D eigenvalue weighted by molar-refractivity contribution is 1.31. The van der Waals surface area contributed by atoms with Gasteiger partial charge in [0.2, 0.25) is 0 Å². The molecule has 0 bridgehead atoms. The highest BCUT2D eigenvalue weighted by atomic mass is 14.3. The molecule has 0 spiro atoms. The zero-order valence-electron chi connectivity index (χ0n) is 15.9. The summed E-state index contributed by atoms with van der Waals surface area (Å²) >= 11 is 0. The van der Waals surface area contributed by atoms with E-state index in [0.717, 1.165) is 6.42 Å². The van der Waals surface area contributed by atoms with Crippen molar-refractivity contribution in [1.29, 1.82) is 0 Å². The molecule has 6 aromatic rings. The van der Waals surface area contributed by atoms with E-state index in [1.165, 1.54) is 65.3 Å². The summed E-state index contributed by atoms with van der Waals surface area (Å²) in [6, 6.07) is 36.0. The van der Waals surface area contributed by atoms with Crippen LogP contribution in [0.3, 0.4) is 0 Å². The van der Waals surface area contributed by atoms with Crippen molar-refractivity contribution >= 4 is 43.1 Å². The van der Waals surface area contributed by atoms with Gasteiger partial charge in [-0.1, -0.05) is 72.8 Å². The molecule has 0 saturated heterocycles. The monoisotopic (exact) mass is 366 g/mol. The molecule has 0 aromatic heterocycles. The zero-order chi connectivity index (χ0) is 18.9. The van der Waals surface area contributed by atoms with Gasteiger partial charge in [0.05, 0.1) is 0 Å². The Hall–Kier alpha value is -3.64. The van der Waals surface area contributed by atoms with Crippen molar-refractivity contribution in [2.75, 3.05) is 0 Å². The van der Waals surface area contributed by atoms with Gasteiger partial charge in [0.1, 0.15) is 0 Å². The first kappa shape index (κ1) is 15.3. The van der Waals surface area contributed by atoms with Gasteiger partial charge >= 0.3 is 0 Å². The smallest absolute Gasteiger partial charge is 0.000111 e. The van der Waals surface area contributed by atoms with E-state index < -0.39 is 0 Å². The fourth-order valence-corrected chi connectivity index (χ4v) is 5.21. The molecule has 0 unspecified atom stereocenters. The average Bonchev–Trinajstić information content (AvgIpc) is 3.16. The minimum absolute atomic E-state index is 1.01. The van der Waals surface area contributed by atoms with E-state index >= 15 is 0 Å². The Morgan fingerprint density at radius 2 is 0.793 bits per heavy atom. The molecule has 7 rings (SSSR count). The molecule has 29 heavy (non-hydrogen) atoms. The van der Waals surface area contributed by atoms with E-state index in [4.69, 9.17) is 0 Å². The van der Waals surface area contributed by atoms with Gasteiger partial charge in [-0.15, -0.1) is 0 Å². The lowest BCUT2D eigenvalue weighted by atomic mass is 9.96. The predicted molar refractivity (Wildman–Crippen MR) is 125 cm³/mol. The topological polar surface area (TPSA) is 0 Å². The van der Waals surface area contributed by atoms with Crippen molar-refractivity contribution in [2.24, 2.45) is 0 Å². The first-order valence-corrected chi connectivity index (χ1v) is 10.2. The van der Waals surface area contributed by atoms with E-state index in [0.29, 0.717) is 0 Å². The Bertz CT molecular complexity index is 1500. The molecule has 1 aliphatic carbocycles. The van der Waals surface area contributed by atoms with Crippen LogP contribution in [-0.2, 0) is 6.42 Å². The summed E-state index contributed by atoms with van der Waals surface area (Å²) < 4.78 is 0. The minimum atomic E-state index is 1.01. The van der Waals surface area contributed by atoms with Gasteiger partial charge < -0.3 is 0 Å². The average molecular weight is 366 g/mol. The molecule has 0 radical (unpaired) electrons. The SMILES string of the molecule is c1ccc2cc3c4c(ccc3cc2c1)-c1ccc2cc3ccccc3cc2c1C4. The van der Waals surface area contributed by atoms with Crippen LogP contribution in [0.2, 0.25) is 0 Å². The quantitative estimate of drug-likeness (QED) is 0.240. The number of hydrogen-bond donors (Lipinski definition) is 0. The molecule has 0 aliphatic heterocycles. The van der Waals surface area contributed by atoms with Crippen LogP contribution in [-0.4, -0.2) is 0 Å². The highest BCUT2D eigenvalue weighted by Crippen LogP contribution is 2.44. The molecule has 0 nitrogen and oxygen atoms in total. The van der Waals surface area contributed by atoms with Crippen molar-refractivity contribution in [3.8, 4) is 11.1 Å². The zero-order valence-corrected chi connectivity index (χ0v) is 15.9. The second kappa shape index (κ2) is 5.46. The summed E-state index contributed by atoms with van der Waals surface area (Å²) in [4.78, 5) is 0. The van der Waals surface area contributed by atoms with Crippen LogP contribution in [0.25, 0.3) is 54.2 Å². The van der Waals surface area contributed by atoms with E-state index in [1.54, 1.807) is 0 Å². The van der Waals surface area contributed by atoms with Crippen LogP contribution in [0.1, 0.15) is 11.1 Å². The Balaban J connectivity index is 1.53. The normalized spacial score (nSPS) is 12.7. The molecule has 0 fully saturated rings. The van der Waals surface area contributed by atoms with E-state index in [9.17, 15) is 0 Å². The standard InChI is InChI=1S/C29H18/c1-3-7-20-15-26-22(13-18(20)5-1)9-11-24-25-12-10-23-14-19-6-2-4-8-21(19)16-27(23)29(25)17-28(24)26/h1-16H,17H2. The molecule has 0 N–H and O–H groups in total. The van der Waals surface area contributed by atoms with Gasteiger partial charge in [-0.05, 0) is 96.0 Å². The Labute approximate surface area is 169 Å². The first-order chi connectivity index (χ1) is 14.3. The maximum Gasteiger partial charge on any atom is -0.000111 e. The second-order valence-electron chi connectivity index (χ2n) is 8.20. The summed E-state index contributed by atoms with van der Waals surface area (Å²) in [5.41, 5.74) is 5.75. The van der Waals surface area contributed by atoms with Gasteiger partial charge in [0, 0.05) is 0 Å². The van der Waals surface area contributed by atoms with Crippen LogP contribution in [0.5, 0.6) is 0 Å². The maximum atomic E-state index is 2.38. The molecule has 0 heterocycles. The third-order valence-corrected chi connectivity index (χ3v) is 6.64.